The van der Waals surface area contributed by atoms with Gasteiger partial charge >= 0.3 is 5.97 Å². The van der Waals surface area contributed by atoms with E-state index in [9.17, 15) is 13.2 Å². The van der Waals surface area contributed by atoms with Crippen LogP contribution < -0.4 is 9.44 Å². The highest BCUT2D eigenvalue weighted by Crippen LogP contribution is 2.17. The summed E-state index contributed by atoms with van der Waals surface area (Å²) < 4.78 is 26.4. The Bertz CT molecular complexity index is 476. The summed E-state index contributed by atoms with van der Waals surface area (Å²) >= 11 is 0. The highest BCUT2D eigenvalue weighted by molar-refractivity contribution is 7.90. The van der Waals surface area contributed by atoms with Gasteiger partial charge in [-0.25, -0.2) is 9.52 Å². The minimum atomic E-state index is -3.70. The number of aromatic carboxylic acids is 1. The Labute approximate surface area is 86.7 Å². The van der Waals surface area contributed by atoms with Gasteiger partial charge in [0.25, 0.3) is 10.2 Å². The van der Waals surface area contributed by atoms with Gasteiger partial charge in [-0.15, -0.1) is 0 Å². The fraction of sp³-hybridized carbons (Fsp3) is 0.286. The Balaban J connectivity index is 3.10. The number of H-pyrrole nitrogens is 1. The van der Waals surface area contributed by atoms with E-state index >= 15 is 0 Å². The topological polar surface area (TPSA) is 111 Å². The molecule has 0 aliphatic heterocycles. The maximum absolute atomic E-state index is 11.1. The predicted molar refractivity (Wildman–Crippen MR) is 54.1 cm³/mol. The van der Waals surface area contributed by atoms with Gasteiger partial charge < -0.3 is 10.1 Å². The van der Waals surface area contributed by atoms with Crippen LogP contribution in [0.1, 0.15) is 16.2 Å². The normalized spacial score (nSPS) is 11.3. The monoisotopic (exact) mass is 233 g/mol. The van der Waals surface area contributed by atoms with Crippen molar-refractivity contribution in [3.63, 3.8) is 0 Å². The summed E-state index contributed by atoms with van der Waals surface area (Å²) in [4.78, 5) is 13.3. The van der Waals surface area contributed by atoms with Crippen molar-refractivity contribution in [2.75, 3.05) is 11.8 Å². The van der Waals surface area contributed by atoms with Gasteiger partial charge in [0.15, 0.2) is 0 Å². The van der Waals surface area contributed by atoms with Crippen LogP contribution in [0.3, 0.4) is 0 Å². The molecule has 0 saturated carbocycles. The molecule has 8 heteroatoms. The van der Waals surface area contributed by atoms with Crippen molar-refractivity contribution in [3.8, 4) is 0 Å². The van der Waals surface area contributed by atoms with E-state index in [1.54, 1.807) is 6.92 Å². The summed E-state index contributed by atoms with van der Waals surface area (Å²) in [7, 11) is -2.47. The van der Waals surface area contributed by atoms with Gasteiger partial charge in [0.05, 0.1) is 5.69 Å². The molecule has 7 nitrogen and oxygen atoms in total. The first-order valence-corrected chi connectivity index (χ1v) is 5.48. The van der Waals surface area contributed by atoms with Crippen molar-refractivity contribution in [1.82, 2.24) is 9.71 Å². The molecule has 15 heavy (non-hydrogen) atoms. The molecule has 0 aromatic carbocycles. The van der Waals surface area contributed by atoms with Gasteiger partial charge in [0, 0.05) is 12.7 Å². The lowest BCUT2D eigenvalue weighted by Gasteiger charge is -2.04. The lowest BCUT2D eigenvalue weighted by molar-refractivity contribution is 0.0692. The van der Waals surface area contributed by atoms with Crippen LogP contribution in [0.2, 0.25) is 0 Å². The van der Waals surface area contributed by atoms with E-state index in [0.717, 1.165) is 0 Å². The third-order valence-corrected chi connectivity index (χ3v) is 2.71. The molecular formula is C7H11N3O4S. The smallest absolute Gasteiger partial charge is 0.354 e. The molecule has 0 bridgehead atoms. The summed E-state index contributed by atoms with van der Waals surface area (Å²) in [6.07, 6.45) is 0. The molecule has 0 saturated heterocycles. The molecule has 0 unspecified atom stereocenters. The van der Waals surface area contributed by atoms with E-state index in [1.165, 1.54) is 13.1 Å². The summed E-state index contributed by atoms with van der Waals surface area (Å²) in [5.74, 6) is -1.23. The number of carbonyl (C=O) groups is 1. The van der Waals surface area contributed by atoms with Crippen molar-refractivity contribution in [1.29, 1.82) is 0 Å². The van der Waals surface area contributed by atoms with E-state index in [4.69, 9.17) is 5.11 Å². The number of rotatable bonds is 4. The lowest BCUT2D eigenvalue weighted by Crippen LogP contribution is -2.27. The highest BCUT2D eigenvalue weighted by Gasteiger charge is 2.17. The number of carboxylic acids is 1. The molecule has 0 fully saturated rings. The largest absolute Gasteiger partial charge is 0.477 e. The average Bonchev–Trinajstić information content (AvgIpc) is 2.46. The van der Waals surface area contributed by atoms with Crippen molar-refractivity contribution in [2.24, 2.45) is 0 Å². The van der Waals surface area contributed by atoms with Crippen molar-refractivity contribution in [2.45, 2.75) is 6.92 Å². The number of hydrogen-bond donors (Lipinski definition) is 4. The second kappa shape index (κ2) is 3.91. The minimum absolute atomic E-state index is 0.00866. The van der Waals surface area contributed by atoms with Crippen LogP contribution >= 0.6 is 0 Å². The Morgan fingerprint density at radius 2 is 2.13 bits per heavy atom. The molecule has 0 aliphatic carbocycles. The van der Waals surface area contributed by atoms with Crippen LogP contribution in [0, 0.1) is 6.92 Å². The van der Waals surface area contributed by atoms with Crippen LogP contribution in [0.4, 0.5) is 5.69 Å². The zero-order chi connectivity index (χ0) is 11.6. The molecule has 1 aromatic heterocycles. The van der Waals surface area contributed by atoms with Gasteiger partial charge in [-0.1, -0.05) is 0 Å². The van der Waals surface area contributed by atoms with E-state index < -0.39 is 16.2 Å². The highest BCUT2D eigenvalue weighted by atomic mass is 32.2. The van der Waals surface area contributed by atoms with E-state index in [0.29, 0.717) is 5.69 Å². The number of aromatic nitrogens is 1. The van der Waals surface area contributed by atoms with E-state index in [1.807, 2.05) is 4.72 Å². The van der Waals surface area contributed by atoms with Crippen LogP contribution in [-0.2, 0) is 10.2 Å². The van der Waals surface area contributed by atoms with Crippen molar-refractivity contribution >= 4 is 21.9 Å². The molecule has 0 amide bonds. The third kappa shape index (κ3) is 2.70. The fourth-order valence-corrected chi connectivity index (χ4v) is 1.59. The molecule has 4 N–H and O–H groups in total. The molecule has 0 atom stereocenters. The third-order valence-electron chi connectivity index (χ3n) is 1.68. The maximum atomic E-state index is 11.1. The second-order valence-corrected chi connectivity index (χ2v) is 4.48. The van der Waals surface area contributed by atoms with Gasteiger partial charge in [-0.05, 0) is 13.0 Å². The van der Waals surface area contributed by atoms with Gasteiger partial charge in [-0.2, -0.15) is 8.42 Å². The summed E-state index contributed by atoms with van der Waals surface area (Å²) in [5.41, 5.74) is 0.377. The van der Waals surface area contributed by atoms with E-state index in [2.05, 4.69) is 9.71 Å². The Kier molecular flexibility index (Phi) is 3.01. The van der Waals surface area contributed by atoms with Crippen molar-refractivity contribution in [3.05, 3.63) is 17.5 Å². The van der Waals surface area contributed by atoms with Crippen LogP contribution in [0.15, 0.2) is 6.07 Å². The number of aromatic amines is 1. The summed E-state index contributed by atoms with van der Waals surface area (Å²) in [6.45, 7) is 1.63. The first-order chi connectivity index (χ1) is 6.85. The van der Waals surface area contributed by atoms with E-state index in [-0.39, 0.29) is 11.4 Å². The molecule has 1 heterocycles. The Hall–Kier alpha value is -1.54. The SMILES string of the molecule is CNS(=O)(=O)Nc1cc(C)[nH]c1C(=O)O. The standard InChI is InChI=1S/C7H11N3O4S/c1-4-3-5(6(9-4)7(11)12)10-15(13,14)8-2/h3,8-10H,1-2H3,(H,11,12). The van der Waals surface area contributed by atoms with Crippen molar-refractivity contribution < 1.29 is 18.3 Å². The van der Waals surface area contributed by atoms with Crippen LogP contribution in [0.5, 0.6) is 0 Å². The molecular weight excluding hydrogens is 222 g/mol. The minimum Gasteiger partial charge on any atom is -0.477 e. The number of nitrogens with one attached hydrogen (secondary N) is 3. The van der Waals surface area contributed by atoms with Crippen LogP contribution in [-0.4, -0.2) is 31.5 Å². The second-order valence-electron chi connectivity index (χ2n) is 2.86. The van der Waals surface area contributed by atoms with Crippen LogP contribution in [0.25, 0.3) is 0 Å². The Morgan fingerprint density at radius 3 is 2.60 bits per heavy atom. The molecule has 0 radical (unpaired) electrons. The quantitative estimate of drug-likeness (QED) is 0.581. The molecule has 1 aromatic rings. The van der Waals surface area contributed by atoms with Gasteiger partial charge in [0.1, 0.15) is 5.69 Å². The summed E-state index contributed by atoms with van der Waals surface area (Å²) in [6, 6.07) is 1.40. The van der Waals surface area contributed by atoms with Gasteiger partial charge in [-0.3, -0.25) is 4.72 Å². The Morgan fingerprint density at radius 1 is 1.53 bits per heavy atom. The lowest BCUT2D eigenvalue weighted by atomic mass is 10.4. The molecule has 84 valence electrons. The fourth-order valence-electron chi connectivity index (χ4n) is 1.03. The molecule has 0 aliphatic rings. The number of anilines is 1. The molecule has 1 rings (SSSR count). The number of hydrogen-bond acceptors (Lipinski definition) is 3. The maximum Gasteiger partial charge on any atom is 0.354 e. The zero-order valence-electron chi connectivity index (χ0n) is 8.16. The van der Waals surface area contributed by atoms with Gasteiger partial charge in [0.2, 0.25) is 0 Å². The first kappa shape index (κ1) is 11.5. The summed E-state index contributed by atoms with van der Waals surface area (Å²) in [5, 5.41) is 8.76. The average molecular weight is 233 g/mol. The number of carboxylic acid groups (broad SMARTS) is 1. The molecule has 0 spiro atoms. The number of aryl methyl sites for hydroxylation is 1. The predicted octanol–water partition coefficient (Wildman–Crippen LogP) is -0.103. The zero-order valence-corrected chi connectivity index (χ0v) is 8.97. The first-order valence-electron chi connectivity index (χ1n) is 4.00.